The van der Waals surface area contributed by atoms with E-state index in [9.17, 15) is 0 Å². The summed E-state index contributed by atoms with van der Waals surface area (Å²) in [5, 5.41) is 0. The topological polar surface area (TPSA) is 13.0 Å². The third-order valence-corrected chi connectivity index (χ3v) is 7.02. The Hall–Kier alpha value is 9.78. The van der Waals surface area contributed by atoms with Crippen LogP contribution in [0.15, 0.2) is 0 Å². The number of hydrogen-bond acceptors (Lipinski definition) is 4. The van der Waals surface area contributed by atoms with Crippen LogP contribution >= 0.6 is 0 Å². The zero-order valence-corrected chi connectivity index (χ0v) is 56.2. The Morgan fingerprint density at radius 2 is 0.667 bits per heavy atom. The molecule has 3 aliphatic rings. The van der Waals surface area contributed by atoms with E-state index in [1.165, 1.54) is 78.0 Å². The van der Waals surface area contributed by atoms with Gasteiger partial charge in [-0.25, -0.2) is 0 Å². The molecule has 0 spiro atoms. The van der Waals surface area contributed by atoms with Gasteiger partial charge >= 0.3 is 0 Å². The van der Waals surface area contributed by atoms with Crippen LogP contribution in [-0.2, 0) is 294 Å². The van der Waals surface area contributed by atoms with Crippen LogP contribution in [0.4, 0.5) is 0 Å². The number of rotatable bonds is 3. The van der Waals surface area contributed by atoms with Crippen molar-refractivity contribution in [1.82, 2.24) is 19.6 Å². The van der Waals surface area contributed by atoms with Crippen LogP contribution in [0.3, 0.4) is 0 Å². The fourth-order valence-corrected chi connectivity index (χ4v) is 4.24. The van der Waals surface area contributed by atoms with Crippen molar-refractivity contribution in [3.8, 4) is 0 Å². The van der Waals surface area contributed by atoms with E-state index in [-0.39, 0.29) is 309 Å². The first-order valence-electron chi connectivity index (χ1n) is 13.4. The van der Waals surface area contributed by atoms with Gasteiger partial charge in [-0.15, -0.1) is 0 Å². The summed E-state index contributed by atoms with van der Waals surface area (Å²) in [5.41, 5.74) is 0.603. The molecule has 3 fully saturated rings. The molecule has 0 unspecified atom stereocenters. The number of piperazine rings is 1. The number of likely N-dealkylation sites (tertiary alicyclic amines) is 2. The fourth-order valence-electron chi connectivity index (χ4n) is 4.24. The van der Waals surface area contributed by atoms with Crippen LogP contribution in [0.25, 0.3) is 0 Å². The van der Waals surface area contributed by atoms with Crippen LogP contribution in [0.2, 0.25) is 0 Å². The second kappa shape index (κ2) is 52.9. The Morgan fingerprint density at radius 1 is 0.429 bits per heavy atom. The van der Waals surface area contributed by atoms with E-state index < -0.39 is 0 Å². The van der Waals surface area contributed by atoms with Gasteiger partial charge < -0.3 is 29.6 Å². The van der Waals surface area contributed by atoms with E-state index in [4.69, 9.17) is 0 Å². The maximum Gasteiger partial charge on any atom is 0.0112 e. The van der Waals surface area contributed by atoms with Crippen molar-refractivity contribution in [2.45, 2.75) is 113 Å². The summed E-state index contributed by atoms with van der Waals surface area (Å²) in [7, 11) is 2.19. The summed E-state index contributed by atoms with van der Waals surface area (Å²) in [6, 6.07) is 2.25. The van der Waals surface area contributed by atoms with E-state index >= 15 is 0 Å². The molecule has 42 heavy (non-hydrogen) atoms. The van der Waals surface area contributed by atoms with Gasteiger partial charge in [-0.05, 0) is 106 Å². The zero-order chi connectivity index (χ0) is 24.0. The molecule has 0 amide bonds. The fraction of sp³-hybridized carbons (Fsp3) is 0.931. The minimum atomic E-state index is 0. The van der Waals surface area contributed by atoms with E-state index in [1.807, 2.05) is 13.8 Å². The minimum absolute atomic E-state index is 0. The number of nitrogens with zero attached hydrogens (tertiary/aromatic N) is 4. The van der Waals surface area contributed by atoms with Gasteiger partial charge in [0.2, 0.25) is 0 Å². The molecule has 3 aliphatic heterocycles. The van der Waals surface area contributed by atoms with Gasteiger partial charge in [-0.2, -0.15) is 0 Å². The van der Waals surface area contributed by atoms with Gasteiger partial charge in [0.1, 0.15) is 0 Å². The second-order valence-corrected chi connectivity index (χ2v) is 11.1. The van der Waals surface area contributed by atoms with E-state index in [0.717, 1.165) is 18.1 Å². The molecule has 3 saturated heterocycles. The molecular formula is C29H66N4Y9-2. The normalized spacial score (nSPS) is 17.0. The molecule has 0 aromatic rings. The average Bonchev–Trinajstić information content (AvgIpc) is 3.26. The summed E-state index contributed by atoms with van der Waals surface area (Å²) < 4.78 is 0. The molecule has 0 N–H and O–H groups in total. The number of piperidine rings is 1. The SMILES string of the molecule is CC.CC(C)N1CCC(C)(C)CC1.CC(C)N1CCCC1.CC(C)N1CCN(C)CC1.[CH3-].[CH3-].[Y].[Y].[Y].[Y].[Y].[Y].[Y].[Y].[Y]. The van der Waals surface area contributed by atoms with Crippen LogP contribution in [-0.4, -0.2) is 97.1 Å². The van der Waals surface area contributed by atoms with Crippen molar-refractivity contribution in [3.05, 3.63) is 14.9 Å². The van der Waals surface area contributed by atoms with Crippen molar-refractivity contribution in [2.24, 2.45) is 5.41 Å². The molecule has 0 atom stereocenters. The Bertz CT molecular complexity index is 427. The average molecular weight is 1270 g/mol. The van der Waals surface area contributed by atoms with Gasteiger partial charge in [0.05, 0.1) is 0 Å². The second-order valence-electron chi connectivity index (χ2n) is 11.1. The third-order valence-electron chi connectivity index (χ3n) is 7.02. The van der Waals surface area contributed by atoms with Crippen LogP contribution in [0, 0.1) is 20.3 Å². The maximum absolute atomic E-state index is 2.57. The van der Waals surface area contributed by atoms with E-state index in [2.05, 4.69) is 82.0 Å². The Balaban J connectivity index is -0.0000000278. The van der Waals surface area contributed by atoms with Crippen LogP contribution in [0.5, 0.6) is 0 Å². The molecule has 0 aromatic carbocycles. The standard InChI is InChI=1S/C10H21N.C8H18N2.C7H15N.C2H6.2CH3.9Y/c1-9(2)11-7-5-10(3,4)6-8-11;1-8(2)10-6-4-9(3)5-7-10;1-7(2)8-5-3-4-6-8;1-2;;;;;;;;;;;/h9H,5-8H2,1-4H3;8H,4-7H2,1-3H3;7H,3-6H2,1-2H3;1-2H3;2*1H3;;;;;;;;;/q;;;;2*-1;;;;;;;;;. The van der Waals surface area contributed by atoms with Crippen LogP contribution < -0.4 is 0 Å². The smallest absolute Gasteiger partial charge is 0.0112 e. The first-order valence-corrected chi connectivity index (χ1v) is 13.4. The Labute approximate surface area is 494 Å². The van der Waals surface area contributed by atoms with Crippen LogP contribution in [0.1, 0.15) is 94.9 Å². The van der Waals surface area contributed by atoms with E-state index in [0.29, 0.717) is 5.41 Å². The number of likely N-dealkylation sites (N-methyl/N-ethyl adjacent to an activating group) is 1. The predicted octanol–water partition coefficient (Wildman–Crippen LogP) is 6.55. The molecule has 0 saturated carbocycles. The first-order chi connectivity index (χ1) is 14.5. The van der Waals surface area contributed by atoms with Gasteiger partial charge in [0, 0.05) is 339 Å². The van der Waals surface area contributed by atoms with Gasteiger partial charge in [0.15, 0.2) is 0 Å². The molecule has 13 heteroatoms. The summed E-state index contributed by atoms with van der Waals surface area (Å²) >= 11 is 0. The zero-order valence-electron chi connectivity index (χ0n) is 30.7. The monoisotopic (exact) mass is 1270 g/mol. The summed E-state index contributed by atoms with van der Waals surface area (Å²) in [4.78, 5) is 10.0. The third kappa shape index (κ3) is 45.9. The molecule has 0 aromatic heterocycles. The first kappa shape index (κ1) is 84.4. The van der Waals surface area contributed by atoms with Crippen molar-refractivity contribution < 1.29 is 294 Å². The van der Waals surface area contributed by atoms with E-state index in [1.54, 1.807) is 0 Å². The molecular weight excluding hydrogens is 1200 g/mol. The molecule has 3 heterocycles. The molecule has 4 nitrogen and oxygen atoms in total. The molecule has 3 rings (SSSR count). The predicted molar refractivity (Wildman–Crippen MR) is 154 cm³/mol. The quantitative estimate of drug-likeness (QED) is 0.298. The van der Waals surface area contributed by atoms with Gasteiger partial charge in [-0.3, -0.25) is 4.90 Å². The Morgan fingerprint density at radius 3 is 0.905 bits per heavy atom. The molecule has 0 bridgehead atoms. The summed E-state index contributed by atoms with van der Waals surface area (Å²) in [6.07, 6.45) is 5.56. The maximum atomic E-state index is 2.57. The van der Waals surface area contributed by atoms with Gasteiger partial charge in [-0.1, -0.05) is 27.7 Å². The largest absolute Gasteiger partial charge is 0.358 e. The molecule has 0 aliphatic carbocycles. The number of hydrogen-bond donors (Lipinski definition) is 0. The summed E-state index contributed by atoms with van der Waals surface area (Å²) in [6.45, 7) is 32.6. The molecule has 231 valence electrons. The minimum Gasteiger partial charge on any atom is -0.358 e. The van der Waals surface area contributed by atoms with Crippen molar-refractivity contribution >= 4 is 0 Å². The van der Waals surface area contributed by atoms with Crippen molar-refractivity contribution in [2.75, 3.05) is 59.4 Å². The summed E-state index contributed by atoms with van der Waals surface area (Å²) in [5.74, 6) is 0. The molecule has 9 radical (unpaired) electrons. The van der Waals surface area contributed by atoms with Crippen molar-refractivity contribution in [1.29, 1.82) is 0 Å². The van der Waals surface area contributed by atoms with Crippen molar-refractivity contribution in [3.63, 3.8) is 0 Å². The van der Waals surface area contributed by atoms with Gasteiger partial charge in [0.25, 0.3) is 0 Å². The Kier molecular flexibility index (Phi) is 106.